The Balaban J connectivity index is 1.75. The van der Waals surface area contributed by atoms with Crippen molar-refractivity contribution in [3.8, 4) is 0 Å². The molecule has 0 aliphatic heterocycles. The fourth-order valence-corrected chi connectivity index (χ4v) is 4.26. The lowest BCUT2D eigenvalue weighted by Crippen LogP contribution is -2.23. The van der Waals surface area contributed by atoms with Gasteiger partial charge in [-0.05, 0) is 60.6 Å². The van der Waals surface area contributed by atoms with Gasteiger partial charge < -0.3 is 0 Å². The SMILES string of the molecule is BrCC1(Cc2ccc(Br)cc2)CC2CC2C1. The summed E-state index contributed by atoms with van der Waals surface area (Å²) in [5, 5.41) is 1.17. The minimum Gasteiger partial charge on any atom is -0.0922 e. The van der Waals surface area contributed by atoms with Crippen LogP contribution in [0.2, 0.25) is 0 Å². The van der Waals surface area contributed by atoms with Crippen molar-refractivity contribution in [2.45, 2.75) is 25.7 Å². The first-order valence-corrected chi connectivity index (χ1v) is 7.93. The van der Waals surface area contributed by atoms with E-state index in [-0.39, 0.29) is 0 Å². The summed E-state index contributed by atoms with van der Waals surface area (Å²) in [5.41, 5.74) is 2.05. The molecule has 2 atom stereocenters. The molecule has 2 fully saturated rings. The van der Waals surface area contributed by atoms with Crippen molar-refractivity contribution < 1.29 is 0 Å². The van der Waals surface area contributed by atoms with Gasteiger partial charge in [-0.15, -0.1) is 0 Å². The Morgan fingerprint density at radius 2 is 1.75 bits per heavy atom. The minimum atomic E-state index is 0.557. The second kappa shape index (κ2) is 4.13. The maximum absolute atomic E-state index is 3.74. The Bertz CT molecular complexity index is 372. The van der Waals surface area contributed by atoms with Gasteiger partial charge in [0.15, 0.2) is 0 Å². The first kappa shape index (κ1) is 11.3. The third-order valence-electron chi connectivity index (χ3n) is 4.24. The van der Waals surface area contributed by atoms with Crippen LogP contribution >= 0.6 is 31.9 Å². The van der Waals surface area contributed by atoms with E-state index in [9.17, 15) is 0 Å². The summed E-state index contributed by atoms with van der Waals surface area (Å²) in [7, 11) is 0. The highest BCUT2D eigenvalue weighted by Crippen LogP contribution is 2.61. The third kappa shape index (κ3) is 2.11. The number of rotatable bonds is 3. The van der Waals surface area contributed by atoms with Crippen LogP contribution < -0.4 is 0 Å². The molecule has 2 heteroatoms. The van der Waals surface area contributed by atoms with E-state index >= 15 is 0 Å². The largest absolute Gasteiger partial charge is 0.0922 e. The van der Waals surface area contributed by atoms with Crippen LogP contribution in [0, 0.1) is 17.3 Å². The normalized spacial score (nSPS) is 36.1. The zero-order valence-electron chi connectivity index (χ0n) is 9.26. The van der Waals surface area contributed by atoms with E-state index in [1.807, 2.05) is 0 Å². The van der Waals surface area contributed by atoms with E-state index in [0.717, 1.165) is 11.8 Å². The van der Waals surface area contributed by atoms with Crippen LogP contribution in [0.5, 0.6) is 0 Å². The first-order valence-electron chi connectivity index (χ1n) is 6.01. The number of hydrogen-bond acceptors (Lipinski definition) is 0. The lowest BCUT2D eigenvalue weighted by molar-refractivity contribution is 0.308. The number of hydrogen-bond donors (Lipinski definition) is 0. The summed E-state index contributed by atoms with van der Waals surface area (Å²) in [5.74, 6) is 2.13. The molecule has 1 aromatic carbocycles. The van der Waals surface area contributed by atoms with Gasteiger partial charge in [0.2, 0.25) is 0 Å². The molecule has 16 heavy (non-hydrogen) atoms. The van der Waals surface area contributed by atoms with Gasteiger partial charge in [-0.2, -0.15) is 0 Å². The summed E-state index contributed by atoms with van der Waals surface area (Å²) in [6.07, 6.45) is 5.64. The van der Waals surface area contributed by atoms with Gasteiger partial charge in [-0.25, -0.2) is 0 Å². The molecule has 3 rings (SSSR count). The standard InChI is InChI=1S/C14H16Br2/c15-9-14(7-11-5-12(11)8-14)6-10-1-3-13(16)4-2-10/h1-4,11-12H,5-9H2. The molecule has 1 aromatic rings. The summed E-state index contributed by atoms with van der Waals surface area (Å²) in [4.78, 5) is 0. The second-order valence-electron chi connectivity index (χ2n) is 5.60. The van der Waals surface area contributed by atoms with Gasteiger partial charge in [0, 0.05) is 9.80 Å². The third-order valence-corrected chi connectivity index (χ3v) is 5.95. The molecule has 0 aromatic heterocycles. The monoisotopic (exact) mass is 342 g/mol. The number of fused-ring (bicyclic) bond motifs is 1. The molecule has 0 heterocycles. The molecule has 2 aliphatic rings. The molecule has 0 radical (unpaired) electrons. The molecule has 86 valence electrons. The predicted octanol–water partition coefficient (Wildman–Crippen LogP) is 4.80. The summed E-state index contributed by atoms with van der Waals surface area (Å²) < 4.78 is 1.18. The Morgan fingerprint density at radius 3 is 2.31 bits per heavy atom. The number of alkyl halides is 1. The molecular formula is C14H16Br2. The van der Waals surface area contributed by atoms with Crippen LogP contribution in [0.1, 0.15) is 24.8 Å². The van der Waals surface area contributed by atoms with Crippen LogP contribution in [0.25, 0.3) is 0 Å². The zero-order valence-corrected chi connectivity index (χ0v) is 12.4. The average Bonchev–Trinajstić information content (AvgIpc) is 2.91. The maximum Gasteiger partial charge on any atom is 0.0175 e. The van der Waals surface area contributed by atoms with Crippen molar-refractivity contribution in [3.63, 3.8) is 0 Å². The van der Waals surface area contributed by atoms with Gasteiger partial charge in [-0.1, -0.05) is 44.0 Å². The summed E-state index contributed by atoms with van der Waals surface area (Å²) in [6.45, 7) is 0. The van der Waals surface area contributed by atoms with Crippen LogP contribution in [0.4, 0.5) is 0 Å². The van der Waals surface area contributed by atoms with Crippen molar-refractivity contribution in [3.05, 3.63) is 34.3 Å². The highest BCUT2D eigenvalue weighted by Gasteiger charge is 2.52. The molecule has 0 bridgehead atoms. The van der Waals surface area contributed by atoms with Crippen molar-refractivity contribution in [2.75, 3.05) is 5.33 Å². The van der Waals surface area contributed by atoms with Crippen LogP contribution in [-0.2, 0) is 6.42 Å². The van der Waals surface area contributed by atoms with Gasteiger partial charge in [-0.3, -0.25) is 0 Å². The van der Waals surface area contributed by atoms with Gasteiger partial charge in [0.1, 0.15) is 0 Å². The Hall–Kier alpha value is 0.180. The van der Waals surface area contributed by atoms with E-state index in [1.54, 1.807) is 0 Å². The molecular weight excluding hydrogens is 328 g/mol. The fourth-order valence-electron chi connectivity index (χ4n) is 3.34. The average molecular weight is 344 g/mol. The van der Waals surface area contributed by atoms with Crippen molar-refractivity contribution in [1.29, 1.82) is 0 Å². The molecule has 0 amide bonds. The highest BCUT2D eigenvalue weighted by molar-refractivity contribution is 9.10. The van der Waals surface area contributed by atoms with E-state index in [0.29, 0.717) is 5.41 Å². The van der Waals surface area contributed by atoms with Gasteiger partial charge in [0.05, 0.1) is 0 Å². The lowest BCUT2D eigenvalue weighted by Gasteiger charge is -2.28. The van der Waals surface area contributed by atoms with Crippen LogP contribution in [0.15, 0.2) is 28.7 Å². The molecule has 0 spiro atoms. The second-order valence-corrected chi connectivity index (χ2v) is 7.08. The zero-order chi connectivity index (χ0) is 11.2. The number of benzene rings is 1. The van der Waals surface area contributed by atoms with Crippen molar-refractivity contribution in [2.24, 2.45) is 17.3 Å². The fraction of sp³-hybridized carbons (Fsp3) is 0.571. The van der Waals surface area contributed by atoms with Gasteiger partial charge in [0.25, 0.3) is 0 Å². The summed E-state index contributed by atoms with van der Waals surface area (Å²) in [6, 6.07) is 8.84. The van der Waals surface area contributed by atoms with E-state index in [4.69, 9.17) is 0 Å². The first-order chi connectivity index (χ1) is 7.71. The Morgan fingerprint density at radius 1 is 1.12 bits per heavy atom. The maximum atomic E-state index is 3.74. The predicted molar refractivity (Wildman–Crippen MR) is 74.9 cm³/mol. The smallest absolute Gasteiger partial charge is 0.0175 e. The molecule has 0 saturated heterocycles. The number of halogens is 2. The van der Waals surface area contributed by atoms with Crippen LogP contribution in [-0.4, -0.2) is 5.33 Å². The van der Waals surface area contributed by atoms with E-state index < -0.39 is 0 Å². The van der Waals surface area contributed by atoms with Gasteiger partial charge >= 0.3 is 0 Å². The van der Waals surface area contributed by atoms with Crippen LogP contribution in [0.3, 0.4) is 0 Å². The minimum absolute atomic E-state index is 0.557. The molecule has 0 N–H and O–H groups in total. The topological polar surface area (TPSA) is 0 Å². The molecule has 2 saturated carbocycles. The quantitative estimate of drug-likeness (QED) is 0.691. The molecule has 2 unspecified atom stereocenters. The lowest BCUT2D eigenvalue weighted by atomic mass is 9.79. The van der Waals surface area contributed by atoms with E-state index in [2.05, 4.69) is 56.1 Å². The van der Waals surface area contributed by atoms with E-state index in [1.165, 1.54) is 41.0 Å². The Labute approximate surface area is 114 Å². The Kier molecular flexibility index (Phi) is 2.91. The highest BCUT2D eigenvalue weighted by atomic mass is 79.9. The molecule has 2 aliphatic carbocycles. The van der Waals surface area contributed by atoms with Crippen molar-refractivity contribution in [1.82, 2.24) is 0 Å². The molecule has 0 nitrogen and oxygen atoms in total. The van der Waals surface area contributed by atoms with Crippen molar-refractivity contribution >= 4 is 31.9 Å². The summed E-state index contributed by atoms with van der Waals surface area (Å²) >= 11 is 7.24.